The number of rotatable bonds is 9. The molecule has 0 radical (unpaired) electrons. The molecule has 0 aliphatic heterocycles. The number of nitrogens with one attached hydrogen (secondary N) is 1. The molecule has 0 bridgehead atoms. The molecule has 21 heavy (non-hydrogen) atoms. The van der Waals surface area contributed by atoms with Crippen LogP contribution in [-0.2, 0) is 16.0 Å². The van der Waals surface area contributed by atoms with E-state index in [4.69, 9.17) is 9.47 Å². The molecule has 0 saturated carbocycles. The van der Waals surface area contributed by atoms with Crippen LogP contribution < -0.4 is 5.32 Å². The zero-order chi connectivity index (χ0) is 14.9. The second-order valence-electron chi connectivity index (χ2n) is 5.08. The van der Waals surface area contributed by atoms with Gasteiger partial charge in [-0.2, -0.15) is 0 Å². The third-order valence-corrected chi connectivity index (χ3v) is 3.32. The van der Waals surface area contributed by atoms with Gasteiger partial charge >= 0.3 is 0 Å². The van der Waals surface area contributed by atoms with Gasteiger partial charge in [-0.3, -0.25) is 4.98 Å². The number of pyridine rings is 1. The molecule has 0 aliphatic rings. The van der Waals surface area contributed by atoms with E-state index in [1.165, 1.54) is 10.9 Å². The summed E-state index contributed by atoms with van der Waals surface area (Å²) in [7, 11) is 1.69. The van der Waals surface area contributed by atoms with Crippen LogP contribution in [0.1, 0.15) is 17.7 Å². The second-order valence-corrected chi connectivity index (χ2v) is 5.08. The van der Waals surface area contributed by atoms with Crippen molar-refractivity contribution in [1.82, 2.24) is 10.3 Å². The fraction of sp³-hybridized carbons (Fsp3) is 0.471. The Kier molecular flexibility index (Phi) is 6.60. The van der Waals surface area contributed by atoms with Gasteiger partial charge in [-0.15, -0.1) is 0 Å². The van der Waals surface area contributed by atoms with E-state index in [2.05, 4.69) is 34.6 Å². The van der Waals surface area contributed by atoms with Crippen molar-refractivity contribution in [2.45, 2.75) is 19.9 Å². The first kappa shape index (κ1) is 15.9. The van der Waals surface area contributed by atoms with Crippen LogP contribution in [0.5, 0.6) is 0 Å². The van der Waals surface area contributed by atoms with Crippen LogP contribution >= 0.6 is 0 Å². The van der Waals surface area contributed by atoms with Gasteiger partial charge in [0.15, 0.2) is 0 Å². The summed E-state index contributed by atoms with van der Waals surface area (Å²) >= 11 is 0. The Hall–Kier alpha value is -1.49. The summed E-state index contributed by atoms with van der Waals surface area (Å²) in [6.45, 7) is 5.96. The van der Waals surface area contributed by atoms with Gasteiger partial charge < -0.3 is 14.8 Å². The number of aromatic nitrogens is 1. The molecule has 2 rings (SSSR count). The maximum Gasteiger partial charge on any atom is 0.0708 e. The van der Waals surface area contributed by atoms with E-state index in [-0.39, 0.29) is 0 Å². The number of nitrogens with zero attached hydrogens (tertiary/aromatic N) is 1. The molecule has 0 spiro atoms. The van der Waals surface area contributed by atoms with E-state index in [0.29, 0.717) is 13.2 Å². The first-order chi connectivity index (χ1) is 10.3. The quantitative estimate of drug-likeness (QED) is 0.721. The van der Waals surface area contributed by atoms with Gasteiger partial charge in [0.2, 0.25) is 0 Å². The van der Waals surface area contributed by atoms with Gasteiger partial charge in [-0.1, -0.05) is 18.2 Å². The molecule has 4 nitrogen and oxygen atoms in total. The van der Waals surface area contributed by atoms with Crippen LogP contribution in [0.4, 0.5) is 0 Å². The van der Waals surface area contributed by atoms with E-state index >= 15 is 0 Å². The molecule has 1 aromatic heterocycles. The second kappa shape index (κ2) is 8.72. The number of hydrogen-bond donors (Lipinski definition) is 1. The van der Waals surface area contributed by atoms with Crippen LogP contribution in [-0.4, -0.2) is 38.5 Å². The molecular formula is C17H24N2O2. The standard InChI is InChI=1S/C17H24N2O2/c1-14-12-15(16-6-3-4-7-17(16)19-14)13-18-8-5-9-21-11-10-20-2/h3-4,6-7,12,18H,5,8-11,13H2,1-2H3. The third-order valence-electron chi connectivity index (χ3n) is 3.32. The van der Waals surface area contributed by atoms with Crippen molar-refractivity contribution >= 4 is 10.9 Å². The third kappa shape index (κ3) is 5.08. The summed E-state index contributed by atoms with van der Waals surface area (Å²) in [6, 6.07) is 10.4. The lowest BCUT2D eigenvalue weighted by Crippen LogP contribution is -2.17. The highest BCUT2D eigenvalue weighted by atomic mass is 16.5. The summed E-state index contributed by atoms with van der Waals surface area (Å²) in [5, 5.41) is 4.70. The van der Waals surface area contributed by atoms with E-state index in [1.54, 1.807) is 7.11 Å². The van der Waals surface area contributed by atoms with Crippen molar-refractivity contribution in [2.75, 3.05) is 33.5 Å². The first-order valence-corrected chi connectivity index (χ1v) is 7.44. The van der Waals surface area contributed by atoms with Crippen LogP contribution in [0, 0.1) is 6.92 Å². The highest BCUT2D eigenvalue weighted by molar-refractivity contribution is 5.82. The largest absolute Gasteiger partial charge is 0.382 e. The van der Waals surface area contributed by atoms with Crippen LogP contribution in [0.25, 0.3) is 10.9 Å². The van der Waals surface area contributed by atoms with E-state index in [9.17, 15) is 0 Å². The number of para-hydroxylation sites is 1. The lowest BCUT2D eigenvalue weighted by Gasteiger charge is -2.09. The minimum atomic E-state index is 0.662. The number of fused-ring (bicyclic) bond motifs is 1. The zero-order valence-electron chi connectivity index (χ0n) is 12.9. The smallest absolute Gasteiger partial charge is 0.0708 e. The Labute approximate surface area is 126 Å². The van der Waals surface area contributed by atoms with Gasteiger partial charge in [-0.25, -0.2) is 0 Å². The maximum atomic E-state index is 5.44. The summed E-state index contributed by atoms with van der Waals surface area (Å²) in [5.74, 6) is 0. The van der Waals surface area contributed by atoms with Crippen molar-refractivity contribution in [1.29, 1.82) is 0 Å². The van der Waals surface area contributed by atoms with E-state index < -0.39 is 0 Å². The molecular weight excluding hydrogens is 264 g/mol. The fourth-order valence-corrected chi connectivity index (χ4v) is 2.31. The van der Waals surface area contributed by atoms with Crippen molar-refractivity contribution in [3.8, 4) is 0 Å². The molecule has 0 aliphatic carbocycles. The molecule has 0 atom stereocenters. The molecule has 2 aromatic rings. The molecule has 114 valence electrons. The van der Waals surface area contributed by atoms with Crippen molar-refractivity contribution < 1.29 is 9.47 Å². The van der Waals surface area contributed by atoms with Crippen LogP contribution in [0.2, 0.25) is 0 Å². The van der Waals surface area contributed by atoms with Gasteiger partial charge in [-0.05, 0) is 37.6 Å². The van der Waals surface area contributed by atoms with E-state index in [1.807, 2.05) is 13.0 Å². The summed E-state index contributed by atoms with van der Waals surface area (Å²) in [4.78, 5) is 4.56. The highest BCUT2D eigenvalue weighted by Gasteiger charge is 2.03. The Bertz CT molecular complexity index is 557. The number of aryl methyl sites for hydroxylation is 1. The summed E-state index contributed by atoms with van der Waals surface area (Å²) in [5.41, 5.74) is 3.43. The fourth-order valence-electron chi connectivity index (χ4n) is 2.31. The molecule has 0 saturated heterocycles. The summed E-state index contributed by atoms with van der Waals surface area (Å²) < 4.78 is 10.4. The number of hydrogen-bond acceptors (Lipinski definition) is 4. The average molecular weight is 288 g/mol. The molecule has 0 unspecified atom stereocenters. The molecule has 0 amide bonds. The molecule has 4 heteroatoms. The van der Waals surface area contributed by atoms with E-state index in [0.717, 1.165) is 37.3 Å². The highest BCUT2D eigenvalue weighted by Crippen LogP contribution is 2.17. The molecule has 1 aromatic carbocycles. The monoisotopic (exact) mass is 288 g/mol. The Morgan fingerprint density at radius 2 is 2.00 bits per heavy atom. The lowest BCUT2D eigenvalue weighted by atomic mass is 10.1. The minimum Gasteiger partial charge on any atom is -0.382 e. The average Bonchev–Trinajstić information content (AvgIpc) is 2.49. The van der Waals surface area contributed by atoms with Crippen LogP contribution in [0.3, 0.4) is 0 Å². The topological polar surface area (TPSA) is 43.4 Å². The predicted molar refractivity (Wildman–Crippen MR) is 85.5 cm³/mol. The molecule has 1 heterocycles. The Morgan fingerprint density at radius 3 is 2.86 bits per heavy atom. The predicted octanol–water partition coefficient (Wildman–Crippen LogP) is 2.69. The van der Waals surface area contributed by atoms with Gasteiger partial charge in [0, 0.05) is 31.3 Å². The number of methoxy groups -OCH3 is 1. The normalized spacial score (nSPS) is 11.1. The van der Waals surface area contributed by atoms with Crippen molar-refractivity contribution in [2.24, 2.45) is 0 Å². The lowest BCUT2D eigenvalue weighted by molar-refractivity contribution is 0.0695. The number of ether oxygens (including phenoxy) is 2. The van der Waals surface area contributed by atoms with Gasteiger partial charge in [0.1, 0.15) is 0 Å². The SMILES string of the molecule is COCCOCCCNCc1cc(C)nc2ccccc12. The van der Waals surface area contributed by atoms with Crippen LogP contribution in [0.15, 0.2) is 30.3 Å². The Morgan fingerprint density at radius 1 is 1.14 bits per heavy atom. The minimum absolute atomic E-state index is 0.662. The summed E-state index contributed by atoms with van der Waals surface area (Å²) in [6.07, 6.45) is 1.01. The van der Waals surface area contributed by atoms with Crippen molar-refractivity contribution in [3.63, 3.8) is 0 Å². The maximum absolute atomic E-state index is 5.44. The molecule has 1 N–H and O–H groups in total. The van der Waals surface area contributed by atoms with Gasteiger partial charge in [0.05, 0.1) is 18.7 Å². The zero-order valence-corrected chi connectivity index (χ0v) is 12.9. The Balaban J connectivity index is 1.78. The molecule has 0 fully saturated rings. The number of benzene rings is 1. The first-order valence-electron chi connectivity index (χ1n) is 7.44. The van der Waals surface area contributed by atoms with Crippen molar-refractivity contribution in [3.05, 3.63) is 41.6 Å². The van der Waals surface area contributed by atoms with Gasteiger partial charge in [0.25, 0.3) is 0 Å².